The number of aldehydes is 1. The molecular weight excluding hydrogens is 268 g/mol. The van der Waals surface area contributed by atoms with Crippen LogP contribution in [0.3, 0.4) is 0 Å². The van der Waals surface area contributed by atoms with Gasteiger partial charge in [0.05, 0.1) is 0 Å². The van der Waals surface area contributed by atoms with Crippen LogP contribution >= 0.6 is 11.3 Å². The average molecular weight is 284 g/mol. The van der Waals surface area contributed by atoms with Crippen LogP contribution in [0.5, 0.6) is 0 Å². The molecule has 0 aliphatic heterocycles. The van der Waals surface area contributed by atoms with E-state index in [1.165, 1.54) is 16.9 Å². The standard InChI is InChI=1S/C16H16N2OS/c1-11(2)9-12-3-5-13(6-4-12)15-14(10-19)18-7-8-20-16(18)17-15/h3-8,10-11H,9H2,1-2H3. The van der Waals surface area contributed by atoms with Crippen molar-refractivity contribution in [3.8, 4) is 11.3 Å². The van der Waals surface area contributed by atoms with E-state index in [1.54, 1.807) is 0 Å². The highest BCUT2D eigenvalue weighted by atomic mass is 32.1. The first kappa shape index (κ1) is 13.1. The molecule has 0 fully saturated rings. The second-order valence-electron chi connectivity index (χ2n) is 5.31. The molecule has 0 amide bonds. The molecule has 0 saturated carbocycles. The van der Waals surface area contributed by atoms with Crippen molar-refractivity contribution >= 4 is 22.6 Å². The van der Waals surface area contributed by atoms with Crippen molar-refractivity contribution in [1.82, 2.24) is 9.38 Å². The van der Waals surface area contributed by atoms with Crippen LogP contribution in [0.2, 0.25) is 0 Å². The molecule has 0 N–H and O–H groups in total. The van der Waals surface area contributed by atoms with Crippen LogP contribution in [0.4, 0.5) is 0 Å². The molecule has 0 aliphatic carbocycles. The summed E-state index contributed by atoms with van der Waals surface area (Å²) in [5, 5.41) is 1.94. The van der Waals surface area contributed by atoms with Gasteiger partial charge in [-0.05, 0) is 17.9 Å². The molecule has 0 atom stereocenters. The summed E-state index contributed by atoms with van der Waals surface area (Å²) >= 11 is 1.54. The van der Waals surface area contributed by atoms with Crippen molar-refractivity contribution in [2.45, 2.75) is 20.3 Å². The van der Waals surface area contributed by atoms with E-state index in [1.807, 2.05) is 16.0 Å². The van der Waals surface area contributed by atoms with Crippen LogP contribution in [-0.2, 0) is 6.42 Å². The smallest absolute Gasteiger partial charge is 0.194 e. The highest BCUT2D eigenvalue weighted by Gasteiger charge is 2.14. The Balaban J connectivity index is 2.02. The molecule has 0 aliphatic rings. The Hall–Kier alpha value is -1.94. The number of nitrogens with zero attached hydrogens (tertiary/aromatic N) is 2. The molecule has 0 unspecified atom stereocenters. The third-order valence-corrected chi connectivity index (χ3v) is 4.04. The molecule has 3 nitrogen and oxygen atoms in total. The lowest BCUT2D eigenvalue weighted by Crippen LogP contribution is -1.94. The van der Waals surface area contributed by atoms with Gasteiger partial charge in [0, 0.05) is 17.1 Å². The number of hydrogen-bond donors (Lipinski definition) is 0. The predicted molar refractivity (Wildman–Crippen MR) is 82.4 cm³/mol. The minimum atomic E-state index is 0.623. The topological polar surface area (TPSA) is 34.4 Å². The molecule has 102 valence electrons. The van der Waals surface area contributed by atoms with Gasteiger partial charge in [-0.2, -0.15) is 0 Å². The highest BCUT2D eigenvalue weighted by Crippen LogP contribution is 2.26. The van der Waals surface area contributed by atoms with Gasteiger partial charge in [0.2, 0.25) is 0 Å². The fourth-order valence-corrected chi connectivity index (χ4v) is 3.12. The van der Waals surface area contributed by atoms with Crippen molar-refractivity contribution in [3.63, 3.8) is 0 Å². The molecule has 3 rings (SSSR count). The number of carbonyl (C=O) groups is 1. The zero-order valence-electron chi connectivity index (χ0n) is 11.5. The Labute approximate surface area is 121 Å². The summed E-state index contributed by atoms with van der Waals surface area (Å²) in [7, 11) is 0. The van der Waals surface area contributed by atoms with Gasteiger partial charge in [-0.1, -0.05) is 38.1 Å². The van der Waals surface area contributed by atoms with Gasteiger partial charge in [-0.25, -0.2) is 4.98 Å². The monoisotopic (exact) mass is 284 g/mol. The first-order valence-corrected chi connectivity index (χ1v) is 7.57. The fraction of sp³-hybridized carbons (Fsp3) is 0.250. The zero-order valence-corrected chi connectivity index (χ0v) is 12.4. The third kappa shape index (κ3) is 2.27. The minimum absolute atomic E-state index is 0.623. The summed E-state index contributed by atoms with van der Waals surface area (Å²) in [6.07, 6.45) is 3.83. The summed E-state index contributed by atoms with van der Waals surface area (Å²) in [5.41, 5.74) is 3.70. The first-order valence-electron chi connectivity index (χ1n) is 6.69. The maximum atomic E-state index is 11.3. The van der Waals surface area contributed by atoms with E-state index in [4.69, 9.17) is 0 Å². The molecule has 0 radical (unpaired) electrons. The van der Waals surface area contributed by atoms with Gasteiger partial charge in [-0.15, -0.1) is 11.3 Å². The second-order valence-corrected chi connectivity index (χ2v) is 6.19. The largest absolute Gasteiger partial charge is 0.296 e. The van der Waals surface area contributed by atoms with Crippen LogP contribution in [0.1, 0.15) is 29.9 Å². The number of hydrogen-bond acceptors (Lipinski definition) is 3. The second kappa shape index (κ2) is 5.21. The lowest BCUT2D eigenvalue weighted by atomic mass is 10.0. The Kier molecular flexibility index (Phi) is 3.40. The molecule has 0 saturated heterocycles. The molecule has 2 heterocycles. The SMILES string of the molecule is CC(C)Cc1ccc(-c2nc3sccn3c2C=O)cc1. The lowest BCUT2D eigenvalue weighted by Gasteiger charge is -2.05. The van der Waals surface area contributed by atoms with Gasteiger partial charge in [0.25, 0.3) is 0 Å². The maximum absolute atomic E-state index is 11.3. The number of imidazole rings is 1. The maximum Gasteiger partial charge on any atom is 0.194 e. The summed E-state index contributed by atoms with van der Waals surface area (Å²) in [6, 6.07) is 8.35. The molecule has 0 spiro atoms. The number of carbonyl (C=O) groups excluding carboxylic acids is 1. The van der Waals surface area contributed by atoms with E-state index in [-0.39, 0.29) is 0 Å². The minimum Gasteiger partial charge on any atom is -0.296 e. The van der Waals surface area contributed by atoms with E-state index < -0.39 is 0 Å². The van der Waals surface area contributed by atoms with Crippen LogP contribution < -0.4 is 0 Å². The van der Waals surface area contributed by atoms with Crippen LogP contribution in [0.15, 0.2) is 35.8 Å². The summed E-state index contributed by atoms with van der Waals surface area (Å²) in [4.78, 5) is 16.7. The van der Waals surface area contributed by atoms with Gasteiger partial charge < -0.3 is 0 Å². The van der Waals surface area contributed by atoms with E-state index in [9.17, 15) is 4.79 Å². The molecule has 4 heteroatoms. The summed E-state index contributed by atoms with van der Waals surface area (Å²) in [6.45, 7) is 4.42. The number of rotatable bonds is 4. The zero-order chi connectivity index (χ0) is 14.1. The quantitative estimate of drug-likeness (QED) is 0.677. The third-order valence-electron chi connectivity index (χ3n) is 3.28. The van der Waals surface area contributed by atoms with Gasteiger partial charge in [0.1, 0.15) is 11.4 Å². The molecule has 1 aromatic carbocycles. The van der Waals surface area contributed by atoms with Gasteiger partial charge >= 0.3 is 0 Å². The van der Waals surface area contributed by atoms with Crippen molar-refractivity contribution in [2.75, 3.05) is 0 Å². The van der Waals surface area contributed by atoms with Gasteiger partial charge in [-0.3, -0.25) is 9.20 Å². The van der Waals surface area contributed by atoms with Crippen molar-refractivity contribution < 1.29 is 4.79 Å². The Bertz CT molecular complexity index is 738. The molecular formula is C16H16N2OS. The van der Waals surface area contributed by atoms with Crippen LogP contribution in [0.25, 0.3) is 16.2 Å². The van der Waals surface area contributed by atoms with E-state index in [2.05, 4.69) is 43.1 Å². The van der Waals surface area contributed by atoms with Crippen molar-refractivity contribution in [3.05, 3.63) is 47.1 Å². The molecule has 3 aromatic rings. The number of thiazole rings is 1. The molecule has 2 aromatic heterocycles. The number of benzene rings is 1. The van der Waals surface area contributed by atoms with E-state index in [0.29, 0.717) is 11.6 Å². The summed E-state index contributed by atoms with van der Waals surface area (Å²) in [5.74, 6) is 0.643. The van der Waals surface area contributed by atoms with E-state index >= 15 is 0 Å². The Morgan fingerprint density at radius 2 is 2.05 bits per heavy atom. The van der Waals surface area contributed by atoms with Crippen molar-refractivity contribution in [2.24, 2.45) is 5.92 Å². The first-order chi connectivity index (χ1) is 9.69. The molecule has 0 bridgehead atoms. The fourth-order valence-electron chi connectivity index (χ4n) is 2.40. The molecule has 20 heavy (non-hydrogen) atoms. The average Bonchev–Trinajstić information content (AvgIpc) is 2.98. The Morgan fingerprint density at radius 1 is 1.30 bits per heavy atom. The lowest BCUT2D eigenvalue weighted by molar-refractivity contribution is 0.111. The number of aromatic nitrogens is 2. The van der Waals surface area contributed by atoms with Gasteiger partial charge in [0.15, 0.2) is 11.2 Å². The number of fused-ring (bicyclic) bond motifs is 1. The van der Waals surface area contributed by atoms with E-state index in [0.717, 1.165) is 28.9 Å². The van der Waals surface area contributed by atoms with Crippen LogP contribution in [0, 0.1) is 5.92 Å². The van der Waals surface area contributed by atoms with Crippen LogP contribution in [-0.4, -0.2) is 15.7 Å². The highest BCUT2D eigenvalue weighted by molar-refractivity contribution is 7.15. The Morgan fingerprint density at radius 3 is 2.70 bits per heavy atom. The predicted octanol–water partition coefficient (Wildman–Crippen LogP) is 4.07. The summed E-state index contributed by atoms with van der Waals surface area (Å²) < 4.78 is 1.84. The normalized spacial score (nSPS) is 11.3. The van der Waals surface area contributed by atoms with Crippen molar-refractivity contribution in [1.29, 1.82) is 0 Å².